The van der Waals surface area contributed by atoms with Crippen molar-refractivity contribution in [2.24, 2.45) is 0 Å². The van der Waals surface area contributed by atoms with Crippen molar-refractivity contribution in [3.63, 3.8) is 0 Å². The summed E-state index contributed by atoms with van der Waals surface area (Å²) < 4.78 is 2.31. The van der Waals surface area contributed by atoms with Gasteiger partial charge in [-0.3, -0.25) is 0 Å². The average molecular weight is 375 g/mol. The van der Waals surface area contributed by atoms with Crippen molar-refractivity contribution < 1.29 is 0 Å². The second-order valence-corrected chi connectivity index (χ2v) is 7.12. The molecule has 2 rings (SSSR count). The molecule has 1 nitrogen and oxygen atoms in total. The van der Waals surface area contributed by atoms with Gasteiger partial charge in [0.1, 0.15) is 0 Å². The number of hydrogen-bond donors (Lipinski definition) is 1. The summed E-state index contributed by atoms with van der Waals surface area (Å²) >= 11 is 8.70. The van der Waals surface area contributed by atoms with Gasteiger partial charge in [0, 0.05) is 17.1 Å². The standard InChI is InChI=1S/C13H13Br2NS/c1-9(11-3-2-4-12(14)6-11)16-7-10-5-13(15)17-8-10/h2-6,8-9,16H,7H2,1H3/t9-/m0/s1. The van der Waals surface area contributed by atoms with Crippen LogP contribution in [0.2, 0.25) is 0 Å². The van der Waals surface area contributed by atoms with Gasteiger partial charge in [0.15, 0.2) is 0 Å². The molecule has 1 heterocycles. The molecule has 0 saturated heterocycles. The Morgan fingerprint density at radius 3 is 2.76 bits per heavy atom. The summed E-state index contributed by atoms with van der Waals surface area (Å²) in [5.74, 6) is 0. The Morgan fingerprint density at radius 1 is 1.29 bits per heavy atom. The van der Waals surface area contributed by atoms with Crippen LogP contribution in [0.25, 0.3) is 0 Å². The molecular weight excluding hydrogens is 362 g/mol. The number of thiophene rings is 1. The smallest absolute Gasteiger partial charge is 0.0701 e. The minimum Gasteiger partial charge on any atom is -0.306 e. The molecule has 1 N–H and O–H groups in total. The summed E-state index contributed by atoms with van der Waals surface area (Å²) in [4.78, 5) is 0. The molecule has 0 unspecified atom stereocenters. The fraction of sp³-hybridized carbons (Fsp3) is 0.231. The summed E-state index contributed by atoms with van der Waals surface area (Å²) in [5.41, 5.74) is 2.62. The second kappa shape index (κ2) is 6.14. The summed E-state index contributed by atoms with van der Waals surface area (Å²) in [7, 11) is 0. The molecule has 0 amide bonds. The minimum atomic E-state index is 0.353. The highest BCUT2D eigenvalue weighted by Crippen LogP contribution is 2.22. The highest BCUT2D eigenvalue weighted by atomic mass is 79.9. The molecule has 4 heteroatoms. The van der Waals surface area contributed by atoms with Crippen molar-refractivity contribution in [1.82, 2.24) is 5.32 Å². The van der Waals surface area contributed by atoms with E-state index in [9.17, 15) is 0 Å². The van der Waals surface area contributed by atoms with Gasteiger partial charge < -0.3 is 5.32 Å². The molecule has 2 aromatic rings. The van der Waals surface area contributed by atoms with Crippen molar-refractivity contribution in [3.05, 3.63) is 55.1 Å². The molecule has 0 aliphatic carbocycles. The number of nitrogens with one attached hydrogen (secondary N) is 1. The maximum Gasteiger partial charge on any atom is 0.0701 e. The van der Waals surface area contributed by atoms with Crippen molar-refractivity contribution in [2.45, 2.75) is 19.5 Å². The molecule has 17 heavy (non-hydrogen) atoms. The van der Waals surface area contributed by atoms with E-state index in [0.29, 0.717) is 6.04 Å². The lowest BCUT2D eigenvalue weighted by atomic mass is 10.1. The third kappa shape index (κ3) is 3.91. The first-order chi connectivity index (χ1) is 8.15. The van der Waals surface area contributed by atoms with Gasteiger partial charge in [0.2, 0.25) is 0 Å². The van der Waals surface area contributed by atoms with Crippen molar-refractivity contribution in [2.75, 3.05) is 0 Å². The summed E-state index contributed by atoms with van der Waals surface area (Å²) in [6.07, 6.45) is 0. The average Bonchev–Trinajstić information content (AvgIpc) is 2.72. The van der Waals surface area contributed by atoms with E-state index in [1.807, 2.05) is 6.07 Å². The monoisotopic (exact) mass is 373 g/mol. The van der Waals surface area contributed by atoms with E-state index >= 15 is 0 Å². The van der Waals surface area contributed by atoms with Gasteiger partial charge in [0.05, 0.1) is 3.79 Å². The van der Waals surface area contributed by atoms with Crippen LogP contribution in [0.5, 0.6) is 0 Å². The molecular formula is C13H13Br2NS. The van der Waals surface area contributed by atoms with Gasteiger partial charge in [-0.15, -0.1) is 11.3 Å². The van der Waals surface area contributed by atoms with Gasteiger partial charge in [-0.05, 0) is 57.6 Å². The molecule has 1 aromatic heterocycles. The summed E-state index contributed by atoms with van der Waals surface area (Å²) in [5, 5.41) is 5.69. The molecule has 1 aromatic carbocycles. The maximum absolute atomic E-state index is 3.52. The minimum absolute atomic E-state index is 0.353. The van der Waals surface area contributed by atoms with Gasteiger partial charge in [-0.1, -0.05) is 28.1 Å². The molecule has 0 saturated carbocycles. The molecule has 0 fully saturated rings. The van der Waals surface area contributed by atoms with E-state index in [1.54, 1.807) is 11.3 Å². The maximum atomic E-state index is 3.52. The van der Waals surface area contributed by atoms with Crippen LogP contribution in [-0.2, 0) is 6.54 Å². The summed E-state index contributed by atoms with van der Waals surface area (Å²) in [6, 6.07) is 10.9. The predicted molar refractivity (Wildman–Crippen MR) is 81.4 cm³/mol. The Bertz CT molecular complexity index is 496. The zero-order valence-corrected chi connectivity index (χ0v) is 13.4. The Labute approximate surface area is 123 Å². The van der Waals surface area contributed by atoms with Crippen LogP contribution >= 0.6 is 43.2 Å². The fourth-order valence-corrected chi connectivity index (χ4v) is 3.23. The molecule has 0 spiro atoms. The largest absolute Gasteiger partial charge is 0.306 e. The Kier molecular flexibility index (Phi) is 4.79. The Morgan fingerprint density at radius 2 is 2.12 bits per heavy atom. The lowest BCUT2D eigenvalue weighted by Crippen LogP contribution is -2.17. The van der Waals surface area contributed by atoms with E-state index in [2.05, 4.69) is 73.7 Å². The summed E-state index contributed by atoms with van der Waals surface area (Å²) in [6.45, 7) is 3.08. The normalized spacial score (nSPS) is 12.6. The third-order valence-corrected chi connectivity index (χ3v) is 4.63. The Balaban J connectivity index is 1.95. The molecule has 0 aliphatic rings. The third-order valence-electron chi connectivity index (χ3n) is 2.58. The molecule has 1 atom stereocenters. The first-order valence-corrected chi connectivity index (χ1v) is 7.83. The van der Waals surface area contributed by atoms with Crippen LogP contribution in [0.4, 0.5) is 0 Å². The first-order valence-electron chi connectivity index (χ1n) is 5.37. The molecule has 90 valence electrons. The number of benzene rings is 1. The van der Waals surface area contributed by atoms with Crippen molar-refractivity contribution in [3.8, 4) is 0 Å². The highest BCUT2D eigenvalue weighted by molar-refractivity contribution is 9.11. The number of rotatable bonds is 4. The van der Waals surface area contributed by atoms with E-state index in [4.69, 9.17) is 0 Å². The number of hydrogen-bond acceptors (Lipinski definition) is 2. The zero-order valence-electron chi connectivity index (χ0n) is 9.41. The van der Waals surface area contributed by atoms with Gasteiger partial charge in [-0.2, -0.15) is 0 Å². The van der Waals surface area contributed by atoms with Crippen LogP contribution in [0.15, 0.2) is 44.0 Å². The molecule has 0 aliphatic heterocycles. The van der Waals surface area contributed by atoms with Crippen molar-refractivity contribution in [1.29, 1.82) is 0 Å². The van der Waals surface area contributed by atoms with E-state index in [1.165, 1.54) is 14.9 Å². The fourth-order valence-electron chi connectivity index (χ4n) is 1.60. The SMILES string of the molecule is C[C@H](NCc1csc(Br)c1)c1cccc(Br)c1. The van der Waals surface area contributed by atoms with Gasteiger partial charge in [0.25, 0.3) is 0 Å². The van der Waals surface area contributed by atoms with E-state index in [-0.39, 0.29) is 0 Å². The quantitative estimate of drug-likeness (QED) is 0.782. The van der Waals surface area contributed by atoms with E-state index in [0.717, 1.165) is 11.0 Å². The molecule has 0 bridgehead atoms. The van der Waals surface area contributed by atoms with Crippen LogP contribution in [0, 0.1) is 0 Å². The van der Waals surface area contributed by atoms with Crippen LogP contribution in [-0.4, -0.2) is 0 Å². The van der Waals surface area contributed by atoms with Crippen LogP contribution in [0.1, 0.15) is 24.1 Å². The lowest BCUT2D eigenvalue weighted by Gasteiger charge is -2.13. The van der Waals surface area contributed by atoms with Crippen LogP contribution < -0.4 is 5.32 Å². The number of halogens is 2. The first kappa shape index (κ1) is 13.3. The Hall–Kier alpha value is -0.160. The van der Waals surface area contributed by atoms with Crippen LogP contribution in [0.3, 0.4) is 0 Å². The zero-order chi connectivity index (χ0) is 12.3. The highest BCUT2D eigenvalue weighted by Gasteiger charge is 2.05. The second-order valence-electron chi connectivity index (χ2n) is 3.92. The van der Waals surface area contributed by atoms with Gasteiger partial charge >= 0.3 is 0 Å². The van der Waals surface area contributed by atoms with E-state index < -0.39 is 0 Å². The topological polar surface area (TPSA) is 12.0 Å². The lowest BCUT2D eigenvalue weighted by molar-refractivity contribution is 0.575. The molecule has 0 radical (unpaired) electrons. The van der Waals surface area contributed by atoms with Crippen molar-refractivity contribution >= 4 is 43.2 Å². The van der Waals surface area contributed by atoms with Gasteiger partial charge in [-0.25, -0.2) is 0 Å². The predicted octanol–water partition coefficient (Wildman–Crippen LogP) is 5.12.